The average molecular weight is 487 g/mol. The molecule has 0 spiro atoms. The van der Waals surface area contributed by atoms with Crippen LogP contribution in [-0.4, -0.2) is 32.5 Å². The maximum Gasteiger partial charge on any atom is 0.342 e. The third kappa shape index (κ3) is 3.88. The Hall–Kier alpha value is -2.04. The van der Waals surface area contributed by atoms with Crippen molar-refractivity contribution in [2.45, 2.75) is 6.92 Å². The summed E-state index contributed by atoms with van der Waals surface area (Å²) in [6.45, 7) is 1.89. The van der Waals surface area contributed by atoms with Gasteiger partial charge in [0.1, 0.15) is 19.7 Å². The van der Waals surface area contributed by atoms with E-state index in [9.17, 15) is 4.79 Å². The smallest absolute Gasteiger partial charge is 0.342 e. The van der Waals surface area contributed by atoms with Gasteiger partial charge in [0.05, 0.1) is 22.2 Å². The Morgan fingerprint density at radius 3 is 2.72 bits per heavy atom. The number of ether oxygens (including phenoxy) is 1. The zero-order valence-corrected chi connectivity index (χ0v) is 18.5. The van der Waals surface area contributed by atoms with Crippen molar-refractivity contribution in [3.05, 3.63) is 50.1 Å². The topological polar surface area (TPSA) is 81.1 Å². The molecule has 0 fully saturated rings. The van der Waals surface area contributed by atoms with Gasteiger partial charge in [-0.25, -0.2) is 19.7 Å². The minimum absolute atomic E-state index is 0.0965. The van der Waals surface area contributed by atoms with Crippen LogP contribution in [0.5, 0.6) is 0 Å². The van der Waals surface area contributed by atoms with Crippen LogP contribution < -0.4 is 4.90 Å². The van der Waals surface area contributed by atoms with Gasteiger partial charge >= 0.3 is 5.97 Å². The molecule has 0 amide bonds. The highest BCUT2D eigenvalue weighted by Gasteiger charge is 2.30. The molecule has 0 N–H and O–H groups in total. The van der Waals surface area contributed by atoms with E-state index in [0.717, 1.165) is 16.7 Å². The number of aromatic nitrogens is 4. The van der Waals surface area contributed by atoms with Crippen LogP contribution in [0.4, 0.5) is 16.8 Å². The molecule has 12 heteroatoms. The van der Waals surface area contributed by atoms with Crippen LogP contribution in [-0.2, 0) is 4.74 Å². The average Bonchev–Trinajstić information content (AvgIpc) is 3.21. The van der Waals surface area contributed by atoms with Crippen LogP contribution >= 0.6 is 57.5 Å². The fraction of sp³-hybridized carbons (Fsp3) is 0.118. The molecule has 0 saturated heterocycles. The lowest BCUT2D eigenvalue weighted by molar-refractivity contribution is 0.0528. The number of esters is 1. The third-order valence-corrected chi connectivity index (χ3v) is 6.83. The largest absolute Gasteiger partial charge is 0.462 e. The molecule has 4 rings (SSSR count). The van der Waals surface area contributed by atoms with E-state index in [4.69, 9.17) is 39.5 Å². The molecule has 0 atom stereocenters. The van der Waals surface area contributed by atoms with E-state index in [2.05, 4.69) is 19.9 Å². The molecule has 0 radical (unpaired) electrons. The number of carbonyl (C=O) groups excluding carboxylic acids is 1. The van der Waals surface area contributed by atoms with Crippen LogP contribution in [0.1, 0.15) is 17.3 Å². The number of nitrogens with zero attached hydrogens (tertiary/aromatic N) is 5. The number of carbonyl (C=O) groups is 1. The molecule has 0 aromatic carbocycles. The molecule has 148 valence electrons. The summed E-state index contributed by atoms with van der Waals surface area (Å²) in [4.78, 5) is 32.3. The molecule has 0 aliphatic heterocycles. The fourth-order valence-corrected chi connectivity index (χ4v) is 5.15. The van der Waals surface area contributed by atoms with Crippen molar-refractivity contribution in [2.24, 2.45) is 0 Å². The lowest BCUT2D eigenvalue weighted by Gasteiger charge is -2.20. The standard InChI is InChI=1S/C17H10Cl3N5O2S2/c1-2-27-16(26)11-12(19)13(20)29-15(11)25(10-7-21-3-4-22-10)17-23-6-8-5-9(18)28-14(8)24-17/h3-7H,2H2,1H3. The number of hydrogen-bond donors (Lipinski definition) is 0. The number of rotatable bonds is 5. The summed E-state index contributed by atoms with van der Waals surface area (Å²) in [5.74, 6) is 0.0380. The maximum absolute atomic E-state index is 12.6. The zero-order valence-electron chi connectivity index (χ0n) is 14.6. The molecular formula is C17H10Cl3N5O2S2. The molecule has 29 heavy (non-hydrogen) atoms. The fourth-order valence-electron chi connectivity index (χ4n) is 2.51. The highest BCUT2D eigenvalue weighted by Crippen LogP contribution is 2.47. The third-order valence-electron chi connectivity index (χ3n) is 3.68. The number of hydrogen-bond acceptors (Lipinski definition) is 9. The predicted molar refractivity (Wildman–Crippen MR) is 117 cm³/mol. The number of anilines is 3. The summed E-state index contributed by atoms with van der Waals surface area (Å²) in [6.07, 6.45) is 6.21. The monoisotopic (exact) mass is 485 g/mol. The van der Waals surface area contributed by atoms with Crippen LogP contribution in [0.25, 0.3) is 10.2 Å². The Balaban J connectivity index is 1.95. The second kappa shape index (κ2) is 8.37. The van der Waals surface area contributed by atoms with Gasteiger partial charge in [-0.05, 0) is 13.0 Å². The molecule has 4 heterocycles. The van der Waals surface area contributed by atoms with Crippen molar-refractivity contribution < 1.29 is 9.53 Å². The molecule has 0 aliphatic carbocycles. The van der Waals surface area contributed by atoms with Gasteiger partial charge in [-0.1, -0.05) is 34.8 Å². The first-order valence-corrected chi connectivity index (χ1v) is 10.9. The molecule has 0 unspecified atom stereocenters. The summed E-state index contributed by atoms with van der Waals surface area (Å²) in [6, 6.07) is 1.78. The summed E-state index contributed by atoms with van der Waals surface area (Å²) in [5, 5.41) is 1.27. The summed E-state index contributed by atoms with van der Waals surface area (Å²) in [7, 11) is 0. The Morgan fingerprint density at radius 1 is 1.17 bits per heavy atom. The van der Waals surface area contributed by atoms with Crippen molar-refractivity contribution >= 4 is 90.4 Å². The van der Waals surface area contributed by atoms with Gasteiger partial charge in [-0.2, -0.15) is 0 Å². The summed E-state index contributed by atoms with van der Waals surface area (Å²) >= 11 is 21.1. The number of thiophene rings is 2. The van der Waals surface area contributed by atoms with Crippen LogP contribution in [0.2, 0.25) is 13.7 Å². The van der Waals surface area contributed by atoms with Gasteiger partial charge in [0.25, 0.3) is 0 Å². The summed E-state index contributed by atoms with van der Waals surface area (Å²) < 4.78 is 5.99. The predicted octanol–water partition coefficient (Wildman–Crippen LogP) is 6.15. The highest BCUT2D eigenvalue weighted by molar-refractivity contribution is 7.22. The van der Waals surface area contributed by atoms with Gasteiger partial charge in [0, 0.05) is 24.0 Å². The first-order valence-electron chi connectivity index (χ1n) is 8.12. The lowest BCUT2D eigenvalue weighted by Crippen LogP contribution is -2.17. The Labute approximate surface area is 187 Å². The van der Waals surface area contributed by atoms with E-state index < -0.39 is 5.97 Å². The lowest BCUT2D eigenvalue weighted by atomic mass is 10.3. The Morgan fingerprint density at radius 2 is 2.00 bits per heavy atom. The normalized spacial score (nSPS) is 11.0. The second-order valence-corrected chi connectivity index (χ2v) is 9.11. The van der Waals surface area contributed by atoms with Crippen LogP contribution in [0.3, 0.4) is 0 Å². The van der Waals surface area contributed by atoms with E-state index in [1.54, 1.807) is 24.1 Å². The van der Waals surface area contributed by atoms with E-state index in [0.29, 0.717) is 20.0 Å². The van der Waals surface area contributed by atoms with E-state index in [-0.39, 0.29) is 27.5 Å². The Kier molecular flexibility index (Phi) is 5.84. The minimum Gasteiger partial charge on any atom is -0.462 e. The number of fused-ring (bicyclic) bond motifs is 1. The van der Waals surface area contributed by atoms with Gasteiger partial charge < -0.3 is 4.74 Å². The van der Waals surface area contributed by atoms with Crippen molar-refractivity contribution in [1.82, 2.24) is 19.9 Å². The van der Waals surface area contributed by atoms with E-state index in [1.807, 2.05) is 0 Å². The van der Waals surface area contributed by atoms with Crippen molar-refractivity contribution in [3.63, 3.8) is 0 Å². The first-order chi connectivity index (χ1) is 14.0. The van der Waals surface area contributed by atoms with Gasteiger partial charge in [0.2, 0.25) is 5.95 Å². The van der Waals surface area contributed by atoms with Crippen molar-refractivity contribution in [3.8, 4) is 0 Å². The maximum atomic E-state index is 12.6. The molecule has 4 aromatic heterocycles. The van der Waals surface area contributed by atoms with Crippen molar-refractivity contribution in [2.75, 3.05) is 11.5 Å². The van der Waals surface area contributed by atoms with Crippen LogP contribution in [0, 0.1) is 0 Å². The molecule has 4 aromatic rings. The SMILES string of the molecule is CCOC(=O)c1c(N(c2cnccn2)c2ncc3cc(Cl)sc3n2)sc(Cl)c1Cl. The molecule has 0 saturated carbocycles. The highest BCUT2D eigenvalue weighted by atomic mass is 35.5. The molecular weight excluding hydrogens is 477 g/mol. The molecule has 0 bridgehead atoms. The van der Waals surface area contributed by atoms with E-state index in [1.165, 1.54) is 29.9 Å². The van der Waals surface area contributed by atoms with Gasteiger partial charge in [-0.3, -0.25) is 9.88 Å². The zero-order chi connectivity index (χ0) is 20.5. The quantitative estimate of drug-likeness (QED) is 0.313. The first kappa shape index (κ1) is 20.2. The van der Waals surface area contributed by atoms with E-state index >= 15 is 0 Å². The van der Waals surface area contributed by atoms with Gasteiger partial charge in [-0.15, -0.1) is 22.7 Å². The second-order valence-electron chi connectivity index (χ2n) is 5.47. The number of halogens is 3. The van der Waals surface area contributed by atoms with Gasteiger partial charge in [0.15, 0.2) is 5.82 Å². The summed E-state index contributed by atoms with van der Waals surface area (Å²) in [5.41, 5.74) is 0.113. The minimum atomic E-state index is -0.607. The molecule has 7 nitrogen and oxygen atoms in total. The van der Waals surface area contributed by atoms with Crippen LogP contribution in [0.15, 0.2) is 30.9 Å². The van der Waals surface area contributed by atoms with Crippen molar-refractivity contribution in [1.29, 1.82) is 0 Å². The molecule has 0 aliphatic rings. The Bertz CT molecular complexity index is 1200.